The monoisotopic (exact) mass is 507 g/mol. The Labute approximate surface area is 207 Å². The van der Waals surface area contributed by atoms with E-state index in [9.17, 15) is 28.0 Å². The summed E-state index contributed by atoms with van der Waals surface area (Å²) in [6, 6.07) is 19.1. The summed E-state index contributed by atoms with van der Waals surface area (Å²) in [6.45, 7) is 0. The van der Waals surface area contributed by atoms with Crippen molar-refractivity contribution in [1.82, 2.24) is 0 Å². The number of hydrogen-bond acceptors (Lipinski definition) is 7. The molecule has 186 valence electrons. The molecule has 0 saturated carbocycles. The molecular formula is C27H16F3NO6. The molecule has 1 aromatic heterocycles. The van der Waals surface area contributed by atoms with Crippen molar-refractivity contribution in [3.8, 4) is 29.1 Å². The molecule has 0 fully saturated rings. The van der Waals surface area contributed by atoms with Gasteiger partial charge in [-0.1, -0.05) is 30.3 Å². The number of carbonyl (C=O) groups is 1. The van der Waals surface area contributed by atoms with Crippen molar-refractivity contribution in [2.75, 3.05) is 7.11 Å². The predicted molar refractivity (Wildman–Crippen MR) is 126 cm³/mol. The molecule has 0 unspecified atom stereocenters. The van der Waals surface area contributed by atoms with Crippen molar-refractivity contribution >= 4 is 23.0 Å². The highest BCUT2D eigenvalue weighted by Gasteiger charge is 2.40. The molecule has 10 heteroatoms. The number of esters is 1. The quantitative estimate of drug-likeness (QED) is 0.134. The van der Waals surface area contributed by atoms with Gasteiger partial charge in [-0.2, -0.15) is 18.4 Å². The maximum absolute atomic E-state index is 13.8. The normalized spacial score (nSPS) is 11.6. The Balaban J connectivity index is 1.70. The van der Waals surface area contributed by atoms with E-state index in [0.29, 0.717) is 11.3 Å². The van der Waals surface area contributed by atoms with Crippen molar-refractivity contribution in [3.05, 3.63) is 99.9 Å². The van der Waals surface area contributed by atoms with E-state index in [-0.39, 0.29) is 22.5 Å². The van der Waals surface area contributed by atoms with Crippen molar-refractivity contribution in [2.45, 2.75) is 6.18 Å². The lowest BCUT2D eigenvalue weighted by Crippen LogP contribution is -2.16. The van der Waals surface area contributed by atoms with Crippen LogP contribution in [0.4, 0.5) is 13.2 Å². The number of halogens is 3. The van der Waals surface area contributed by atoms with Crippen LogP contribution in [0.15, 0.2) is 87.6 Å². The second-order valence-electron chi connectivity index (χ2n) is 7.49. The van der Waals surface area contributed by atoms with Gasteiger partial charge in [0.15, 0.2) is 0 Å². The topological polar surface area (TPSA) is 98.8 Å². The summed E-state index contributed by atoms with van der Waals surface area (Å²) in [5.74, 6) is -3.58. The number of fused-ring (bicyclic) bond motifs is 1. The molecule has 7 nitrogen and oxygen atoms in total. The van der Waals surface area contributed by atoms with Gasteiger partial charge in [0.2, 0.25) is 11.2 Å². The molecule has 0 saturated heterocycles. The van der Waals surface area contributed by atoms with E-state index in [1.54, 1.807) is 36.4 Å². The molecule has 3 aromatic carbocycles. The van der Waals surface area contributed by atoms with Gasteiger partial charge in [0.25, 0.3) is 5.76 Å². The molecule has 0 aliphatic heterocycles. The number of alkyl halides is 3. The van der Waals surface area contributed by atoms with Gasteiger partial charge < -0.3 is 18.6 Å². The third kappa shape index (κ3) is 5.62. The minimum atomic E-state index is -5.08. The highest BCUT2D eigenvalue weighted by Crippen LogP contribution is 2.39. The van der Waals surface area contributed by atoms with Gasteiger partial charge in [0, 0.05) is 6.07 Å². The van der Waals surface area contributed by atoms with Gasteiger partial charge in [0.05, 0.1) is 12.5 Å². The van der Waals surface area contributed by atoms with Gasteiger partial charge in [-0.25, -0.2) is 4.79 Å². The standard InChI is InChI=1S/C27H16F3NO6/c1-34-18-7-9-19(10-8-18)35-24-23(32)21-12-11-20(14-22(21)37-25(24)27(28,29)30)36-26(33)17(15-31)13-16-5-3-2-4-6-16/h2-14H,1H3/b17-13+. The van der Waals surface area contributed by atoms with Crippen LogP contribution in [0.3, 0.4) is 0 Å². The van der Waals surface area contributed by atoms with Crippen molar-refractivity contribution in [3.63, 3.8) is 0 Å². The predicted octanol–water partition coefficient (Wildman–Crippen LogP) is 6.13. The van der Waals surface area contributed by atoms with Crippen LogP contribution in [0.5, 0.6) is 23.0 Å². The summed E-state index contributed by atoms with van der Waals surface area (Å²) in [6.07, 6.45) is -3.78. The molecule has 0 radical (unpaired) electrons. The average molecular weight is 507 g/mol. The summed E-state index contributed by atoms with van der Waals surface area (Å²) in [7, 11) is 1.42. The van der Waals surface area contributed by atoms with Crippen LogP contribution in [0.2, 0.25) is 0 Å². The third-order valence-electron chi connectivity index (χ3n) is 5.02. The molecule has 0 N–H and O–H groups in total. The molecule has 1 heterocycles. The lowest BCUT2D eigenvalue weighted by atomic mass is 10.1. The van der Waals surface area contributed by atoms with Crippen LogP contribution in [-0.2, 0) is 11.0 Å². The van der Waals surface area contributed by atoms with Crippen molar-refractivity contribution in [1.29, 1.82) is 5.26 Å². The number of ether oxygens (including phenoxy) is 3. The molecule has 0 aliphatic rings. The Morgan fingerprint density at radius 3 is 2.24 bits per heavy atom. The SMILES string of the molecule is COc1ccc(Oc2c(C(F)(F)F)oc3cc(OC(=O)/C(C#N)=C/c4ccccc4)ccc3c2=O)cc1. The van der Waals surface area contributed by atoms with Crippen molar-refractivity contribution < 1.29 is 36.6 Å². The maximum Gasteiger partial charge on any atom is 0.453 e. The van der Waals surface area contributed by atoms with E-state index >= 15 is 0 Å². The highest BCUT2D eigenvalue weighted by molar-refractivity contribution is 5.99. The fourth-order valence-corrected chi connectivity index (χ4v) is 3.28. The van der Waals surface area contributed by atoms with Crippen LogP contribution < -0.4 is 19.6 Å². The number of carbonyl (C=O) groups excluding carboxylic acids is 1. The molecule has 4 aromatic rings. The van der Waals surface area contributed by atoms with Crippen LogP contribution in [-0.4, -0.2) is 13.1 Å². The minimum Gasteiger partial charge on any atom is -0.497 e. The Hall–Kier alpha value is -5.04. The Morgan fingerprint density at radius 1 is 0.973 bits per heavy atom. The Bertz CT molecular complexity index is 1580. The fourth-order valence-electron chi connectivity index (χ4n) is 3.28. The lowest BCUT2D eigenvalue weighted by Gasteiger charge is -2.14. The molecule has 0 spiro atoms. The molecule has 37 heavy (non-hydrogen) atoms. The van der Waals surface area contributed by atoms with E-state index in [1.165, 1.54) is 43.5 Å². The van der Waals surface area contributed by atoms with Crippen molar-refractivity contribution in [2.24, 2.45) is 0 Å². The van der Waals surface area contributed by atoms with Gasteiger partial charge in [-0.3, -0.25) is 4.79 Å². The largest absolute Gasteiger partial charge is 0.497 e. The summed E-state index contributed by atoms with van der Waals surface area (Å²) in [4.78, 5) is 25.4. The maximum atomic E-state index is 13.8. The first-order valence-electron chi connectivity index (χ1n) is 10.6. The zero-order valence-electron chi connectivity index (χ0n) is 19.0. The number of methoxy groups -OCH3 is 1. The van der Waals surface area contributed by atoms with Gasteiger partial charge >= 0.3 is 12.1 Å². The zero-order valence-corrected chi connectivity index (χ0v) is 19.0. The Kier molecular flexibility index (Phi) is 6.97. The molecule has 4 rings (SSSR count). The molecule has 0 amide bonds. The van der Waals surface area contributed by atoms with Crippen LogP contribution in [0.1, 0.15) is 11.3 Å². The van der Waals surface area contributed by atoms with Crippen LogP contribution in [0.25, 0.3) is 17.0 Å². The molecule has 0 aliphatic carbocycles. The first-order chi connectivity index (χ1) is 17.7. The summed E-state index contributed by atoms with van der Waals surface area (Å²) in [5.41, 5.74) is -1.34. The third-order valence-corrected chi connectivity index (χ3v) is 5.02. The fraction of sp³-hybridized carbons (Fsp3) is 0.0741. The molecule has 0 atom stereocenters. The second kappa shape index (κ2) is 10.3. The van der Waals surface area contributed by atoms with Crippen LogP contribution in [0, 0.1) is 11.3 Å². The minimum absolute atomic E-state index is 0.0438. The van der Waals surface area contributed by atoms with Crippen LogP contribution >= 0.6 is 0 Å². The van der Waals surface area contributed by atoms with E-state index in [2.05, 4.69) is 0 Å². The number of benzene rings is 3. The van der Waals surface area contributed by atoms with Gasteiger partial charge in [-0.05, 0) is 48.0 Å². The number of rotatable bonds is 6. The zero-order chi connectivity index (χ0) is 26.6. The van der Waals surface area contributed by atoms with Gasteiger partial charge in [0.1, 0.15) is 34.5 Å². The second-order valence-corrected chi connectivity index (χ2v) is 7.49. The van der Waals surface area contributed by atoms with Gasteiger partial charge in [-0.15, -0.1) is 0 Å². The summed E-state index contributed by atoms with van der Waals surface area (Å²) < 4.78 is 61.8. The van der Waals surface area contributed by atoms with E-state index in [0.717, 1.165) is 12.1 Å². The summed E-state index contributed by atoms with van der Waals surface area (Å²) in [5, 5.41) is 9.09. The number of hydrogen-bond donors (Lipinski definition) is 0. The number of nitriles is 1. The first-order valence-corrected chi connectivity index (χ1v) is 10.6. The Morgan fingerprint density at radius 2 is 1.62 bits per heavy atom. The average Bonchev–Trinajstić information content (AvgIpc) is 2.89. The van der Waals surface area contributed by atoms with E-state index in [4.69, 9.17) is 18.6 Å². The summed E-state index contributed by atoms with van der Waals surface area (Å²) >= 11 is 0. The van der Waals surface area contributed by atoms with E-state index < -0.39 is 34.7 Å². The molecule has 0 bridgehead atoms. The highest BCUT2D eigenvalue weighted by atomic mass is 19.4. The number of nitrogens with zero attached hydrogens (tertiary/aromatic N) is 1. The van der Waals surface area contributed by atoms with E-state index in [1.807, 2.05) is 0 Å². The molecular weight excluding hydrogens is 491 g/mol. The first kappa shape index (κ1) is 25.1. The smallest absolute Gasteiger partial charge is 0.453 e. The lowest BCUT2D eigenvalue weighted by molar-refractivity contribution is -0.154.